The van der Waals surface area contributed by atoms with E-state index in [0.29, 0.717) is 56.9 Å². The van der Waals surface area contributed by atoms with Gasteiger partial charge in [0.1, 0.15) is 29.6 Å². The number of hydrogen-bond donors (Lipinski definition) is 2. The van der Waals surface area contributed by atoms with E-state index < -0.39 is 6.09 Å². The van der Waals surface area contributed by atoms with E-state index in [4.69, 9.17) is 29.0 Å². The van der Waals surface area contributed by atoms with E-state index in [1.807, 2.05) is 17.0 Å². The second-order valence-electron chi connectivity index (χ2n) is 14.9. The number of aliphatic hydroxyl groups is 1. The number of amides is 2. The van der Waals surface area contributed by atoms with Crippen LogP contribution < -0.4 is 15.0 Å². The molecule has 2 aromatic heterocycles. The number of methoxy groups -OCH3 is 1. The number of pyridine rings is 1. The number of nitrogens with zero attached hydrogens (tertiary/aromatic N) is 3. The van der Waals surface area contributed by atoms with Crippen LogP contribution in [0, 0.1) is 18.3 Å². The third-order valence-electron chi connectivity index (χ3n) is 11.4. The summed E-state index contributed by atoms with van der Waals surface area (Å²) in [6, 6.07) is 10.6. The normalized spacial score (nSPS) is 24.9. The Bertz CT molecular complexity index is 1590. The second-order valence-corrected chi connectivity index (χ2v) is 14.9. The molecule has 4 saturated carbocycles. The second kappa shape index (κ2) is 14.9. The van der Waals surface area contributed by atoms with Gasteiger partial charge in [0, 0.05) is 43.3 Å². The number of alkyl carbamates (subject to hydrolysis) is 1. The molecule has 0 atom stereocenters. The minimum Gasteiger partial charge on any atom is -0.496 e. The van der Waals surface area contributed by atoms with Gasteiger partial charge in [-0.15, -0.1) is 0 Å². The van der Waals surface area contributed by atoms with Crippen molar-refractivity contribution in [1.82, 2.24) is 15.3 Å². The predicted octanol–water partition coefficient (Wildman–Crippen LogP) is 7.47. The van der Waals surface area contributed by atoms with Crippen molar-refractivity contribution in [3.63, 3.8) is 0 Å². The van der Waals surface area contributed by atoms with Gasteiger partial charge in [-0.3, -0.25) is 9.69 Å². The van der Waals surface area contributed by atoms with Crippen LogP contribution in [0.5, 0.6) is 5.75 Å². The van der Waals surface area contributed by atoms with Crippen LogP contribution in [0.2, 0.25) is 0 Å². The molecule has 0 unspecified atom stereocenters. The molecule has 10 nitrogen and oxygen atoms in total. The molecule has 2 amide bonds. The fraction of sp³-hybridized carbons (Fsp3) is 0.590. The van der Waals surface area contributed by atoms with Crippen LogP contribution in [0.25, 0.3) is 11.3 Å². The number of nitrogens with one attached hydrogen (secondary N) is 1. The molecule has 4 aliphatic rings. The predicted molar refractivity (Wildman–Crippen MR) is 188 cm³/mol. The zero-order valence-corrected chi connectivity index (χ0v) is 29.5. The monoisotopic (exact) mass is 672 g/mol. The smallest absolute Gasteiger partial charge is 0.407 e. The number of aromatic nitrogens is 2. The van der Waals surface area contributed by atoms with Crippen molar-refractivity contribution in [3.8, 4) is 17.0 Å². The van der Waals surface area contributed by atoms with Gasteiger partial charge in [0.15, 0.2) is 5.89 Å². The highest BCUT2D eigenvalue weighted by molar-refractivity contribution is 5.95. The third-order valence-corrected chi connectivity index (χ3v) is 11.4. The van der Waals surface area contributed by atoms with Crippen LogP contribution in [0.3, 0.4) is 0 Å². The number of fused-ring (bicyclic) bond motifs is 3. The minimum atomic E-state index is -0.464. The van der Waals surface area contributed by atoms with Crippen LogP contribution >= 0.6 is 0 Å². The van der Waals surface area contributed by atoms with Crippen LogP contribution in [0.15, 0.2) is 47.2 Å². The molecule has 264 valence electrons. The molecule has 2 heterocycles. The summed E-state index contributed by atoms with van der Waals surface area (Å²) < 4.78 is 16.9. The summed E-state index contributed by atoms with van der Waals surface area (Å²) >= 11 is 0. The zero-order valence-electron chi connectivity index (χ0n) is 29.5. The van der Waals surface area contributed by atoms with Gasteiger partial charge >= 0.3 is 6.09 Å². The fourth-order valence-corrected chi connectivity index (χ4v) is 8.27. The molecular weight excluding hydrogens is 620 g/mol. The molecule has 4 fully saturated rings. The summed E-state index contributed by atoms with van der Waals surface area (Å²) in [5.74, 6) is 2.36. The molecular formula is C39H52N4O6. The Hall–Kier alpha value is -3.92. The van der Waals surface area contributed by atoms with Gasteiger partial charge in [0.05, 0.1) is 7.11 Å². The van der Waals surface area contributed by atoms with Crippen LogP contribution in [0.1, 0.15) is 107 Å². The Balaban J connectivity index is 1.20. The van der Waals surface area contributed by atoms with E-state index >= 15 is 0 Å². The van der Waals surface area contributed by atoms with Crippen molar-refractivity contribution in [2.45, 2.75) is 109 Å². The molecule has 49 heavy (non-hydrogen) atoms. The van der Waals surface area contributed by atoms with E-state index in [1.165, 1.54) is 11.1 Å². The van der Waals surface area contributed by atoms with Crippen LogP contribution in [-0.2, 0) is 14.9 Å². The fourth-order valence-electron chi connectivity index (χ4n) is 8.27. The van der Waals surface area contributed by atoms with Gasteiger partial charge in [-0.2, -0.15) is 0 Å². The summed E-state index contributed by atoms with van der Waals surface area (Å²) in [6.07, 6.45) is 12.3. The molecule has 0 saturated heterocycles. The summed E-state index contributed by atoms with van der Waals surface area (Å²) in [7, 11) is 1.72. The lowest BCUT2D eigenvalue weighted by molar-refractivity contribution is -0.124. The number of anilines is 1. The van der Waals surface area contributed by atoms with E-state index in [9.17, 15) is 9.59 Å². The molecule has 0 spiro atoms. The molecule has 4 aliphatic carbocycles. The molecule has 10 heteroatoms. The maximum atomic E-state index is 14.6. The standard InChI is InChI=1S/C39H52N4O6/c1-26(2)35-42-32(24-48-35)29-12-20-40-34(23-29)43(36(45)28-6-9-31(10-7-28)49-37(46)41-19-5-21-44)25-38-13-16-39(17-14-38,18-15-38)30-8-11-33(47-4)27(3)22-30/h8,11-12,20,22-24,26,28,31,44H,5-7,9-10,13-19,21,25H2,1-4H3,(H,41,46)/t28-,31-,38?,39?. The highest BCUT2D eigenvalue weighted by Gasteiger charge is 2.51. The van der Waals surface area contributed by atoms with Crippen molar-refractivity contribution in [2.75, 3.05) is 31.7 Å². The Morgan fingerprint density at radius 1 is 1.06 bits per heavy atom. The molecule has 7 rings (SSSR count). The first kappa shape index (κ1) is 34.9. The van der Waals surface area contributed by atoms with Gasteiger partial charge in [-0.25, -0.2) is 14.8 Å². The average molecular weight is 673 g/mol. The highest BCUT2D eigenvalue weighted by Crippen LogP contribution is 2.58. The maximum Gasteiger partial charge on any atom is 0.407 e. The summed E-state index contributed by atoms with van der Waals surface area (Å²) in [5, 5.41) is 11.7. The molecule has 0 aliphatic heterocycles. The van der Waals surface area contributed by atoms with Crippen molar-refractivity contribution in [1.29, 1.82) is 0 Å². The SMILES string of the molecule is COc1ccc(C23CCC(CN(c4cc(-c5coc(C(C)C)n5)ccn4)C(=O)[C@H]4CC[C@H](OC(=O)NCCCO)CC4)(CC2)CC3)cc1C. The van der Waals surface area contributed by atoms with Gasteiger partial charge in [0.2, 0.25) is 5.91 Å². The third kappa shape index (κ3) is 7.64. The highest BCUT2D eigenvalue weighted by atomic mass is 16.6. The topological polar surface area (TPSA) is 127 Å². The van der Waals surface area contributed by atoms with Gasteiger partial charge < -0.3 is 24.3 Å². The van der Waals surface area contributed by atoms with E-state index in [0.717, 1.165) is 55.5 Å². The summed E-state index contributed by atoms with van der Waals surface area (Å²) in [5.41, 5.74) is 4.41. The first-order valence-corrected chi connectivity index (χ1v) is 18.1. The number of oxazole rings is 1. The Kier molecular flexibility index (Phi) is 10.6. The quantitative estimate of drug-likeness (QED) is 0.190. The first-order valence-electron chi connectivity index (χ1n) is 18.1. The number of hydrogen-bond acceptors (Lipinski definition) is 8. The summed E-state index contributed by atoms with van der Waals surface area (Å²) in [4.78, 5) is 38.2. The van der Waals surface area contributed by atoms with Gasteiger partial charge in [-0.05, 0) is 118 Å². The number of carbonyl (C=O) groups is 2. The van der Waals surface area contributed by atoms with E-state index in [1.54, 1.807) is 19.6 Å². The number of rotatable bonds is 12. The molecule has 3 aromatic rings. The first-order chi connectivity index (χ1) is 23.6. The van der Waals surface area contributed by atoms with Crippen molar-refractivity contribution >= 4 is 17.8 Å². The van der Waals surface area contributed by atoms with E-state index in [-0.39, 0.29) is 41.3 Å². The van der Waals surface area contributed by atoms with Crippen molar-refractivity contribution in [2.24, 2.45) is 11.3 Å². The maximum absolute atomic E-state index is 14.6. The number of benzene rings is 1. The van der Waals surface area contributed by atoms with Crippen molar-refractivity contribution < 1.29 is 28.6 Å². The van der Waals surface area contributed by atoms with E-state index in [2.05, 4.69) is 44.3 Å². The van der Waals surface area contributed by atoms with Crippen LogP contribution in [0.4, 0.5) is 10.6 Å². The van der Waals surface area contributed by atoms with Gasteiger partial charge in [0.25, 0.3) is 0 Å². The molecule has 0 radical (unpaired) electrons. The van der Waals surface area contributed by atoms with Crippen LogP contribution in [-0.4, -0.2) is 60.0 Å². The van der Waals surface area contributed by atoms with Gasteiger partial charge in [-0.1, -0.05) is 26.0 Å². The Morgan fingerprint density at radius 2 is 1.80 bits per heavy atom. The zero-order chi connectivity index (χ0) is 34.6. The molecule has 1 aromatic carbocycles. The Morgan fingerprint density at radius 3 is 2.43 bits per heavy atom. The number of aryl methyl sites for hydroxylation is 1. The lowest BCUT2D eigenvalue weighted by atomic mass is 9.51. The number of carbonyl (C=O) groups excluding carboxylic acids is 2. The molecule has 2 bridgehead atoms. The largest absolute Gasteiger partial charge is 0.496 e. The van der Waals surface area contributed by atoms with Crippen molar-refractivity contribution in [3.05, 3.63) is 59.8 Å². The lowest BCUT2D eigenvalue weighted by Crippen LogP contribution is -2.52. The minimum absolute atomic E-state index is 0.0177. The summed E-state index contributed by atoms with van der Waals surface area (Å²) in [6.45, 7) is 7.25. The average Bonchev–Trinajstić information content (AvgIpc) is 3.63. The lowest BCUT2D eigenvalue weighted by Gasteiger charge is -2.55. The number of aliphatic hydroxyl groups excluding tert-OH is 1. The molecule has 2 N–H and O–H groups in total. The Labute approximate surface area is 290 Å². The number of ether oxygens (including phenoxy) is 2.